The molecule has 3 saturated carbocycles. The molecule has 5 heteroatoms. The number of hydrogen-bond acceptors (Lipinski definition) is 4. The fraction of sp³-hybridized carbons (Fsp3) is 0.727. The van der Waals surface area contributed by atoms with Gasteiger partial charge in [0.2, 0.25) is 0 Å². The van der Waals surface area contributed by atoms with Gasteiger partial charge in [0.15, 0.2) is 17.2 Å². The number of fused-ring (bicyclic) bond motifs is 5. The Morgan fingerprint density at radius 1 is 1.33 bits per heavy atom. The first kappa shape index (κ1) is 19.0. The zero-order valence-corrected chi connectivity index (χ0v) is 16.2. The molecular formula is C22H29FO4. The van der Waals surface area contributed by atoms with Crippen LogP contribution in [-0.2, 0) is 9.59 Å². The Hall–Kier alpha value is -1.33. The van der Waals surface area contributed by atoms with Gasteiger partial charge in [-0.05, 0) is 62.0 Å². The molecule has 0 aromatic heterocycles. The quantitative estimate of drug-likeness (QED) is 0.777. The number of aliphatic hydroxyl groups is 2. The second-order valence-corrected chi connectivity index (χ2v) is 9.67. The van der Waals surface area contributed by atoms with E-state index < -0.39 is 29.2 Å². The Morgan fingerprint density at radius 2 is 2.04 bits per heavy atom. The van der Waals surface area contributed by atoms with Crippen molar-refractivity contribution < 1.29 is 24.2 Å². The highest BCUT2D eigenvalue weighted by Crippen LogP contribution is 2.69. The molecule has 5 unspecified atom stereocenters. The van der Waals surface area contributed by atoms with Gasteiger partial charge >= 0.3 is 0 Å². The second kappa shape index (κ2) is 5.84. The molecule has 4 nitrogen and oxygen atoms in total. The van der Waals surface area contributed by atoms with E-state index in [1.54, 1.807) is 13.0 Å². The van der Waals surface area contributed by atoms with Crippen LogP contribution in [0.25, 0.3) is 0 Å². The van der Waals surface area contributed by atoms with Gasteiger partial charge in [-0.25, -0.2) is 4.39 Å². The minimum Gasteiger partial charge on any atom is -0.390 e. The van der Waals surface area contributed by atoms with Crippen LogP contribution in [-0.4, -0.2) is 40.2 Å². The molecule has 8 atom stereocenters. The minimum absolute atomic E-state index is 0.0224. The van der Waals surface area contributed by atoms with E-state index >= 15 is 4.39 Å². The predicted molar refractivity (Wildman–Crippen MR) is 98.5 cm³/mol. The highest BCUT2D eigenvalue weighted by Gasteiger charge is 2.71. The van der Waals surface area contributed by atoms with Crippen molar-refractivity contribution in [2.75, 3.05) is 6.61 Å². The minimum atomic E-state index is -1.85. The Labute approximate surface area is 159 Å². The smallest absolute Gasteiger partial charge is 0.178 e. The summed E-state index contributed by atoms with van der Waals surface area (Å²) < 4.78 is 16.8. The van der Waals surface area contributed by atoms with Gasteiger partial charge in [0.05, 0.1) is 6.10 Å². The molecule has 0 spiro atoms. The molecule has 0 aliphatic heterocycles. The summed E-state index contributed by atoms with van der Waals surface area (Å²) in [5, 5.41) is 20.6. The van der Waals surface area contributed by atoms with Crippen molar-refractivity contribution in [2.24, 2.45) is 34.5 Å². The van der Waals surface area contributed by atoms with E-state index in [0.29, 0.717) is 12.8 Å². The van der Waals surface area contributed by atoms with Gasteiger partial charge < -0.3 is 10.2 Å². The van der Waals surface area contributed by atoms with Gasteiger partial charge in [0.1, 0.15) is 6.61 Å². The third kappa shape index (κ3) is 2.21. The van der Waals surface area contributed by atoms with Crippen LogP contribution in [0.4, 0.5) is 4.39 Å². The molecule has 0 radical (unpaired) electrons. The fourth-order valence-electron chi connectivity index (χ4n) is 7.36. The number of rotatable bonds is 2. The van der Waals surface area contributed by atoms with Crippen LogP contribution in [0.15, 0.2) is 23.8 Å². The van der Waals surface area contributed by atoms with Crippen LogP contribution in [0.1, 0.15) is 46.5 Å². The summed E-state index contributed by atoms with van der Waals surface area (Å²) in [5.74, 6) is -1.00. The summed E-state index contributed by atoms with van der Waals surface area (Å²) >= 11 is 0. The van der Waals surface area contributed by atoms with Crippen molar-refractivity contribution in [1.29, 1.82) is 0 Å². The maximum atomic E-state index is 16.8. The number of Topliss-reactive ketones (excluding diaryl/α,β-unsaturated/α-hetero) is 1. The van der Waals surface area contributed by atoms with Gasteiger partial charge in [0.25, 0.3) is 0 Å². The summed E-state index contributed by atoms with van der Waals surface area (Å²) in [7, 11) is 0. The molecule has 0 amide bonds. The SMILES string of the molecule is CC1CC2C3CCC4=CC(=O)C=C[C@]4(C)[C@@]3(F)C(O)C[C@]2(C)C1C(=O)CO. The molecule has 3 fully saturated rings. The van der Waals surface area contributed by atoms with Gasteiger partial charge in [-0.2, -0.15) is 0 Å². The lowest BCUT2D eigenvalue weighted by molar-refractivity contribution is -0.195. The number of hydrogen-bond donors (Lipinski definition) is 2. The Balaban J connectivity index is 1.80. The van der Waals surface area contributed by atoms with E-state index in [-0.39, 0.29) is 41.7 Å². The molecule has 4 rings (SSSR count). The molecule has 4 aliphatic rings. The number of halogens is 1. The largest absolute Gasteiger partial charge is 0.390 e. The Morgan fingerprint density at radius 3 is 2.70 bits per heavy atom. The summed E-state index contributed by atoms with van der Waals surface area (Å²) in [6, 6.07) is 0. The predicted octanol–water partition coefficient (Wildman–Crippen LogP) is 2.78. The molecule has 148 valence electrons. The van der Waals surface area contributed by atoms with Crippen LogP contribution in [0, 0.1) is 34.5 Å². The first-order valence-electron chi connectivity index (χ1n) is 10.0. The first-order valence-corrected chi connectivity index (χ1v) is 10.0. The van der Waals surface area contributed by atoms with Crippen LogP contribution in [0.5, 0.6) is 0 Å². The zero-order chi connectivity index (χ0) is 19.8. The van der Waals surface area contributed by atoms with Crippen LogP contribution in [0.2, 0.25) is 0 Å². The van der Waals surface area contributed by atoms with Crippen molar-refractivity contribution in [1.82, 2.24) is 0 Å². The van der Waals surface area contributed by atoms with Crippen molar-refractivity contribution in [2.45, 2.75) is 58.2 Å². The van der Waals surface area contributed by atoms with Crippen molar-refractivity contribution in [3.8, 4) is 0 Å². The number of carbonyl (C=O) groups is 2. The fourth-order valence-corrected chi connectivity index (χ4v) is 7.36. The Kier molecular flexibility index (Phi) is 4.11. The lowest BCUT2D eigenvalue weighted by atomic mass is 9.45. The average molecular weight is 376 g/mol. The van der Waals surface area contributed by atoms with E-state index in [4.69, 9.17) is 0 Å². The van der Waals surface area contributed by atoms with E-state index in [2.05, 4.69) is 0 Å². The monoisotopic (exact) mass is 376 g/mol. The highest BCUT2D eigenvalue weighted by atomic mass is 19.1. The summed E-state index contributed by atoms with van der Waals surface area (Å²) in [6.45, 7) is 5.29. The van der Waals surface area contributed by atoms with E-state index in [9.17, 15) is 19.8 Å². The van der Waals surface area contributed by atoms with E-state index in [1.807, 2.05) is 13.8 Å². The van der Waals surface area contributed by atoms with E-state index in [1.165, 1.54) is 12.2 Å². The Bertz CT molecular complexity index is 757. The van der Waals surface area contributed by atoms with Gasteiger partial charge in [0, 0.05) is 17.3 Å². The average Bonchev–Trinajstić information content (AvgIpc) is 2.86. The van der Waals surface area contributed by atoms with Crippen LogP contribution in [0.3, 0.4) is 0 Å². The lowest BCUT2D eigenvalue weighted by Crippen LogP contribution is -2.66. The number of ketones is 2. The molecule has 0 aromatic rings. The summed E-state index contributed by atoms with van der Waals surface area (Å²) in [6.07, 6.45) is 5.53. The zero-order valence-electron chi connectivity index (χ0n) is 16.2. The summed E-state index contributed by atoms with van der Waals surface area (Å²) in [4.78, 5) is 24.3. The maximum Gasteiger partial charge on any atom is 0.178 e. The van der Waals surface area contributed by atoms with Crippen molar-refractivity contribution in [3.05, 3.63) is 23.8 Å². The topological polar surface area (TPSA) is 74.6 Å². The lowest BCUT2D eigenvalue weighted by Gasteiger charge is -2.62. The van der Waals surface area contributed by atoms with Crippen LogP contribution < -0.4 is 0 Å². The molecule has 27 heavy (non-hydrogen) atoms. The standard InChI is InChI=1S/C22H29FO4/c1-12-8-16-15-5-4-13-9-14(25)6-7-21(13,3)22(15,23)18(27)10-20(16,2)19(12)17(26)11-24/h6-7,9,12,15-16,18-19,24,27H,4-5,8,10-11H2,1-3H3/t12?,15?,16?,18?,19?,20-,21-,22-/m0/s1. The van der Waals surface area contributed by atoms with Crippen LogP contribution >= 0.6 is 0 Å². The van der Waals surface area contributed by atoms with Crippen molar-refractivity contribution >= 4 is 11.6 Å². The highest BCUT2D eigenvalue weighted by molar-refractivity contribution is 6.01. The molecule has 0 heterocycles. The molecule has 0 bridgehead atoms. The normalized spacial score (nSPS) is 51.3. The number of aliphatic hydroxyl groups excluding tert-OH is 2. The molecule has 0 aromatic carbocycles. The number of allylic oxidation sites excluding steroid dienone is 4. The van der Waals surface area contributed by atoms with Crippen molar-refractivity contribution in [3.63, 3.8) is 0 Å². The molecular weight excluding hydrogens is 347 g/mol. The number of alkyl halides is 1. The molecule has 4 aliphatic carbocycles. The second-order valence-electron chi connectivity index (χ2n) is 9.67. The first-order chi connectivity index (χ1) is 12.6. The van der Waals surface area contributed by atoms with Gasteiger partial charge in [-0.1, -0.05) is 25.5 Å². The molecule has 0 saturated heterocycles. The third-order valence-corrected chi connectivity index (χ3v) is 8.48. The van der Waals surface area contributed by atoms with Gasteiger partial charge in [-0.3, -0.25) is 9.59 Å². The summed E-state index contributed by atoms with van der Waals surface area (Å²) in [5.41, 5.74) is -2.59. The number of carbonyl (C=O) groups excluding carboxylic acids is 2. The third-order valence-electron chi connectivity index (χ3n) is 8.48. The molecule has 2 N–H and O–H groups in total. The van der Waals surface area contributed by atoms with E-state index in [0.717, 1.165) is 12.0 Å². The maximum absolute atomic E-state index is 16.8. The van der Waals surface area contributed by atoms with Gasteiger partial charge in [-0.15, -0.1) is 0 Å².